The van der Waals surface area contributed by atoms with E-state index in [1.165, 1.54) is 16.7 Å². The molecule has 0 fully saturated rings. The van der Waals surface area contributed by atoms with Crippen molar-refractivity contribution in [1.82, 2.24) is 5.32 Å². The summed E-state index contributed by atoms with van der Waals surface area (Å²) in [5.74, 6) is -0.890. The van der Waals surface area contributed by atoms with Crippen molar-refractivity contribution in [2.75, 3.05) is 0 Å². The maximum absolute atomic E-state index is 10.8. The minimum Gasteiger partial charge on any atom is -0.478 e. The number of carbonyl (C=O) groups is 1. The van der Waals surface area contributed by atoms with Gasteiger partial charge in [0.15, 0.2) is 0 Å². The number of benzene rings is 2. The summed E-state index contributed by atoms with van der Waals surface area (Å²) >= 11 is 0. The van der Waals surface area contributed by atoms with Crippen LogP contribution in [0.3, 0.4) is 0 Å². The van der Waals surface area contributed by atoms with Crippen LogP contribution in [0, 0.1) is 13.8 Å². The molecule has 0 saturated carbocycles. The van der Waals surface area contributed by atoms with E-state index in [0.29, 0.717) is 12.1 Å². The highest BCUT2D eigenvalue weighted by atomic mass is 16.4. The highest BCUT2D eigenvalue weighted by Crippen LogP contribution is 2.20. The summed E-state index contributed by atoms with van der Waals surface area (Å²) in [5, 5.41) is 12.4. The van der Waals surface area contributed by atoms with Crippen LogP contribution >= 0.6 is 0 Å². The Morgan fingerprint density at radius 2 is 1.81 bits per heavy atom. The number of aromatic carboxylic acids is 1. The average molecular weight is 283 g/mol. The molecule has 0 saturated heterocycles. The van der Waals surface area contributed by atoms with E-state index in [1.807, 2.05) is 12.1 Å². The minimum absolute atomic E-state index is 0.254. The van der Waals surface area contributed by atoms with Gasteiger partial charge in [-0.3, -0.25) is 0 Å². The molecule has 2 N–H and O–H groups in total. The fraction of sp³-hybridized carbons (Fsp3) is 0.278. The molecule has 0 aliphatic rings. The third kappa shape index (κ3) is 3.70. The van der Waals surface area contributed by atoms with Crippen LogP contribution in [0.15, 0.2) is 42.5 Å². The second-order valence-corrected chi connectivity index (χ2v) is 5.39. The Morgan fingerprint density at radius 3 is 2.43 bits per heavy atom. The summed E-state index contributed by atoms with van der Waals surface area (Å²) in [7, 11) is 0. The van der Waals surface area contributed by atoms with Crippen LogP contribution < -0.4 is 5.32 Å². The monoisotopic (exact) mass is 283 g/mol. The minimum atomic E-state index is -0.890. The van der Waals surface area contributed by atoms with E-state index in [0.717, 1.165) is 5.56 Å². The number of carboxylic acids is 1. The summed E-state index contributed by atoms with van der Waals surface area (Å²) in [6, 6.07) is 13.6. The third-order valence-electron chi connectivity index (χ3n) is 3.93. The van der Waals surface area contributed by atoms with Crippen LogP contribution in [0.2, 0.25) is 0 Å². The predicted octanol–water partition coefficient (Wildman–Crippen LogP) is 3.85. The van der Waals surface area contributed by atoms with E-state index in [-0.39, 0.29) is 6.04 Å². The zero-order valence-electron chi connectivity index (χ0n) is 12.7. The molecule has 0 heterocycles. The van der Waals surface area contributed by atoms with Gasteiger partial charge in [0.2, 0.25) is 0 Å². The lowest BCUT2D eigenvalue weighted by molar-refractivity contribution is 0.0697. The lowest BCUT2D eigenvalue weighted by Crippen LogP contribution is -2.19. The number of nitrogens with one attached hydrogen (secondary N) is 1. The van der Waals surface area contributed by atoms with Gasteiger partial charge in [0.25, 0.3) is 0 Å². The van der Waals surface area contributed by atoms with Crippen LogP contribution in [0.5, 0.6) is 0 Å². The lowest BCUT2D eigenvalue weighted by atomic mass is 9.98. The maximum atomic E-state index is 10.8. The van der Waals surface area contributed by atoms with Gasteiger partial charge >= 0.3 is 5.97 Å². The summed E-state index contributed by atoms with van der Waals surface area (Å²) in [6.45, 7) is 7.13. The molecule has 110 valence electrons. The molecular formula is C18H21NO2. The van der Waals surface area contributed by atoms with Crippen LogP contribution in [0.4, 0.5) is 0 Å². The Morgan fingerprint density at radius 1 is 1.14 bits per heavy atom. The van der Waals surface area contributed by atoms with Crippen molar-refractivity contribution in [3.8, 4) is 0 Å². The molecular weight excluding hydrogens is 262 g/mol. The molecule has 0 bridgehead atoms. The van der Waals surface area contributed by atoms with Gasteiger partial charge in [-0.25, -0.2) is 4.79 Å². The molecule has 0 amide bonds. The number of aryl methyl sites for hydroxylation is 1. The van der Waals surface area contributed by atoms with Gasteiger partial charge in [-0.15, -0.1) is 0 Å². The molecule has 2 aromatic carbocycles. The predicted molar refractivity (Wildman–Crippen MR) is 84.6 cm³/mol. The quantitative estimate of drug-likeness (QED) is 0.876. The summed E-state index contributed by atoms with van der Waals surface area (Å²) in [6.07, 6.45) is 0. The molecule has 0 aromatic heterocycles. The highest BCUT2D eigenvalue weighted by Gasteiger charge is 2.09. The Kier molecular flexibility index (Phi) is 4.76. The highest BCUT2D eigenvalue weighted by molar-refractivity contribution is 5.87. The molecule has 0 aliphatic carbocycles. The van der Waals surface area contributed by atoms with Crippen molar-refractivity contribution in [1.29, 1.82) is 0 Å². The summed E-state index contributed by atoms with van der Waals surface area (Å²) in [4.78, 5) is 10.8. The van der Waals surface area contributed by atoms with Gasteiger partial charge in [-0.2, -0.15) is 0 Å². The van der Waals surface area contributed by atoms with Crippen molar-refractivity contribution in [2.24, 2.45) is 0 Å². The lowest BCUT2D eigenvalue weighted by Gasteiger charge is -2.18. The first-order valence-electron chi connectivity index (χ1n) is 7.10. The third-order valence-corrected chi connectivity index (χ3v) is 3.93. The molecule has 0 spiro atoms. The summed E-state index contributed by atoms with van der Waals surface area (Å²) < 4.78 is 0. The Labute approximate surface area is 125 Å². The Hall–Kier alpha value is -2.13. The first-order chi connectivity index (χ1) is 9.99. The van der Waals surface area contributed by atoms with Gasteiger partial charge in [-0.1, -0.05) is 30.3 Å². The zero-order valence-corrected chi connectivity index (χ0v) is 12.7. The fourth-order valence-corrected chi connectivity index (χ4v) is 2.39. The van der Waals surface area contributed by atoms with E-state index in [4.69, 9.17) is 5.11 Å². The second-order valence-electron chi connectivity index (χ2n) is 5.39. The van der Waals surface area contributed by atoms with Crippen LogP contribution in [-0.4, -0.2) is 11.1 Å². The van der Waals surface area contributed by atoms with Gasteiger partial charge in [-0.05, 0) is 55.2 Å². The fourth-order valence-electron chi connectivity index (χ4n) is 2.39. The largest absolute Gasteiger partial charge is 0.478 e. The SMILES string of the molecule is Cc1cccc(C(C)NCc2ccc(C(=O)O)cc2)c1C. The molecule has 1 unspecified atom stereocenters. The van der Waals surface area contributed by atoms with Crippen molar-refractivity contribution in [2.45, 2.75) is 33.4 Å². The first-order valence-corrected chi connectivity index (χ1v) is 7.10. The van der Waals surface area contributed by atoms with Crippen LogP contribution in [0.1, 0.15) is 45.6 Å². The van der Waals surface area contributed by atoms with Crippen molar-refractivity contribution >= 4 is 5.97 Å². The summed E-state index contributed by atoms with van der Waals surface area (Å²) in [5.41, 5.74) is 5.32. The molecule has 2 rings (SSSR count). The van der Waals surface area contributed by atoms with E-state index < -0.39 is 5.97 Å². The van der Waals surface area contributed by atoms with Crippen molar-refractivity contribution in [3.05, 3.63) is 70.3 Å². The average Bonchev–Trinajstić information content (AvgIpc) is 2.48. The molecule has 0 aliphatic heterocycles. The van der Waals surface area contributed by atoms with Crippen molar-refractivity contribution in [3.63, 3.8) is 0 Å². The normalized spacial score (nSPS) is 12.1. The number of hydrogen-bond donors (Lipinski definition) is 2. The van der Waals surface area contributed by atoms with Crippen LogP contribution in [-0.2, 0) is 6.54 Å². The first kappa shape index (κ1) is 15.3. The van der Waals surface area contributed by atoms with Gasteiger partial charge in [0.1, 0.15) is 0 Å². The number of rotatable bonds is 5. The van der Waals surface area contributed by atoms with Gasteiger partial charge in [0, 0.05) is 12.6 Å². The Balaban J connectivity index is 2.02. The smallest absolute Gasteiger partial charge is 0.335 e. The molecule has 3 heteroatoms. The van der Waals surface area contributed by atoms with E-state index in [9.17, 15) is 4.79 Å². The zero-order chi connectivity index (χ0) is 15.4. The Bertz CT molecular complexity index is 632. The van der Waals surface area contributed by atoms with Gasteiger partial charge < -0.3 is 10.4 Å². The molecule has 1 atom stereocenters. The number of hydrogen-bond acceptors (Lipinski definition) is 2. The second kappa shape index (κ2) is 6.55. The molecule has 21 heavy (non-hydrogen) atoms. The van der Waals surface area contributed by atoms with E-state index >= 15 is 0 Å². The maximum Gasteiger partial charge on any atom is 0.335 e. The molecule has 3 nitrogen and oxygen atoms in total. The topological polar surface area (TPSA) is 49.3 Å². The van der Waals surface area contributed by atoms with Crippen LogP contribution in [0.25, 0.3) is 0 Å². The standard InChI is InChI=1S/C18H21NO2/c1-12-5-4-6-17(13(12)2)14(3)19-11-15-7-9-16(10-8-15)18(20)21/h4-10,14,19H,11H2,1-3H3,(H,20,21). The van der Waals surface area contributed by atoms with E-state index in [2.05, 4.69) is 44.3 Å². The van der Waals surface area contributed by atoms with Gasteiger partial charge in [0.05, 0.1) is 5.56 Å². The molecule has 0 radical (unpaired) electrons. The molecule has 2 aromatic rings. The van der Waals surface area contributed by atoms with E-state index in [1.54, 1.807) is 12.1 Å². The number of carboxylic acid groups (broad SMARTS) is 1. The van der Waals surface area contributed by atoms with Crippen molar-refractivity contribution < 1.29 is 9.90 Å².